The Hall–Kier alpha value is -11.0. The molecule has 1 heterocycles. The van der Waals surface area contributed by atoms with Crippen LogP contribution in [0, 0.1) is 5.92 Å². The Morgan fingerprint density at radius 1 is 0.464 bits per heavy atom. The number of aromatic hydroxyl groups is 1. The van der Waals surface area contributed by atoms with Gasteiger partial charge in [0.05, 0.1) is 25.6 Å². The largest absolute Gasteiger partial charge is 0.508 e. The third kappa shape index (κ3) is 34.1. The molecule has 14 amide bonds. The zero-order valence-corrected chi connectivity index (χ0v) is 61.9. The Morgan fingerprint density at radius 3 is 1.41 bits per heavy atom. The molecule has 0 saturated carbocycles. The molecular formula is C70H108N18O22. The minimum Gasteiger partial charge on any atom is -0.508 e. The zero-order chi connectivity index (χ0) is 82.2. The van der Waals surface area contributed by atoms with Crippen LogP contribution in [-0.4, -0.2) is 249 Å². The molecule has 27 N–H and O–H groups in total. The van der Waals surface area contributed by atoms with Gasteiger partial charge >= 0.3 is 17.9 Å². The maximum Gasteiger partial charge on any atom is 0.322 e. The van der Waals surface area contributed by atoms with Crippen molar-refractivity contribution in [3.8, 4) is 5.75 Å². The Labute approximate surface area is 634 Å². The SMILES string of the molecule is CC(C)[C@H](NC(=O)[C@H](Cc1ccc(O)cc1)NC(=O)[C@H](CCC(=O)O)NC(=O)CNC(=O)[C@@H]1CCCN1C(=O)[C@H](CO)NC(=O)[C@H](CCCCN)NC(=O)[C@H](CCCCN)NC(=O)[C@@H](N)CCCCN)C(=O)N[C@@H](CC(N)=O)C(=O)N[C@@H](C)C(=O)N[C@@H](CCC(=O)O)C(=O)N[C@@H](Cc1ccccc1)C(=O)NCC(=O)O. The van der Waals surface area contributed by atoms with Gasteiger partial charge in [-0.05, 0) is 133 Å². The van der Waals surface area contributed by atoms with Crippen LogP contribution < -0.4 is 92.5 Å². The van der Waals surface area contributed by atoms with Crippen LogP contribution in [0.15, 0.2) is 54.6 Å². The van der Waals surface area contributed by atoms with E-state index in [1.165, 1.54) is 38.1 Å². The number of phenols is 1. The molecular weight excluding hydrogens is 1440 g/mol. The van der Waals surface area contributed by atoms with Gasteiger partial charge < -0.3 is 123 Å². The summed E-state index contributed by atoms with van der Waals surface area (Å²) in [5.41, 5.74) is 29.4. The van der Waals surface area contributed by atoms with Crippen LogP contribution in [0.5, 0.6) is 5.75 Å². The molecule has 1 fully saturated rings. The predicted molar refractivity (Wildman–Crippen MR) is 391 cm³/mol. The summed E-state index contributed by atoms with van der Waals surface area (Å²) in [6.45, 7) is 2.19. The summed E-state index contributed by atoms with van der Waals surface area (Å²) < 4.78 is 0. The lowest BCUT2D eigenvalue weighted by molar-refractivity contribution is -0.143. The molecule has 0 radical (unpaired) electrons. The molecule has 12 atom stereocenters. The fraction of sp³-hybridized carbons (Fsp3) is 0.586. The normalized spacial score (nSPS) is 15.4. The molecule has 2 aromatic carbocycles. The minimum absolute atomic E-state index is 0.0140. The second kappa shape index (κ2) is 49.2. The summed E-state index contributed by atoms with van der Waals surface area (Å²) in [4.78, 5) is 228. The minimum atomic E-state index is -1.89. The number of aliphatic hydroxyl groups excluding tert-OH is 1. The van der Waals surface area contributed by atoms with Gasteiger partial charge in [0.1, 0.15) is 78.8 Å². The predicted octanol–water partition coefficient (Wildman–Crippen LogP) is -6.68. The Balaban J connectivity index is 1.81. The van der Waals surface area contributed by atoms with Crippen LogP contribution in [0.2, 0.25) is 0 Å². The summed E-state index contributed by atoms with van der Waals surface area (Å²) in [5, 5.41) is 77.8. The lowest BCUT2D eigenvalue weighted by Gasteiger charge is -2.29. The number of nitrogens with one attached hydrogen (secondary N) is 12. The van der Waals surface area contributed by atoms with Gasteiger partial charge in [-0.3, -0.25) is 81.5 Å². The maximum absolute atomic E-state index is 14.5. The van der Waals surface area contributed by atoms with Gasteiger partial charge in [0.2, 0.25) is 82.7 Å². The highest BCUT2D eigenvalue weighted by atomic mass is 16.4. The van der Waals surface area contributed by atoms with Crippen LogP contribution in [0.1, 0.15) is 135 Å². The number of carboxylic acid groups (broad SMARTS) is 3. The number of likely N-dealkylation sites (tertiary alicyclic amines) is 1. The first-order valence-corrected chi connectivity index (χ1v) is 36.2. The molecule has 1 aliphatic heterocycles. The number of amides is 14. The van der Waals surface area contributed by atoms with Gasteiger partial charge in [-0.2, -0.15) is 0 Å². The smallest absolute Gasteiger partial charge is 0.322 e. The number of benzene rings is 2. The zero-order valence-electron chi connectivity index (χ0n) is 61.9. The van der Waals surface area contributed by atoms with Crippen molar-refractivity contribution in [3.63, 3.8) is 0 Å². The molecule has 40 nitrogen and oxygen atoms in total. The van der Waals surface area contributed by atoms with Crippen molar-refractivity contribution in [1.82, 2.24) is 68.7 Å². The van der Waals surface area contributed by atoms with Gasteiger partial charge in [-0.15, -0.1) is 0 Å². The second-order valence-electron chi connectivity index (χ2n) is 26.8. The van der Waals surface area contributed by atoms with E-state index in [0.29, 0.717) is 63.6 Å². The second-order valence-corrected chi connectivity index (χ2v) is 26.8. The molecule has 40 heteroatoms. The van der Waals surface area contributed by atoms with E-state index < -0.39 is 237 Å². The summed E-state index contributed by atoms with van der Waals surface area (Å²) in [6, 6.07) is -4.74. The van der Waals surface area contributed by atoms with Crippen LogP contribution >= 0.6 is 0 Å². The number of hydrogen-bond donors (Lipinski definition) is 22. The third-order valence-corrected chi connectivity index (χ3v) is 17.5. The molecule has 0 spiro atoms. The number of unbranched alkanes of at least 4 members (excludes halogenated alkanes) is 3. The molecule has 3 rings (SSSR count). The number of carbonyl (C=O) groups excluding carboxylic acids is 14. The molecule has 0 aliphatic carbocycles. The molecule has 0 unspecified atom stereocenters. The number of carbonyl (C=O) groups is 17. The van der Waals surface area contributed by atoms with Gasteiger partial charge in [0, 0.05) is 32.2 Å². The average Bonchev–Trinajstić information content (AvgIpc) is 1.59. The molecule has 0 bridgehead atoms. The number of rotatable bonds is 52. The van der Waals surface area contributed by atoms with Crippen LogP contribution in [-0.2, 0) is 94.3 Å². The molecule has 610 valence electrons. The van der Waals surface area contributed by atoms with Gasteiger partial charge in [-0.1, -0.05) is 62.7 Å². The number of hydrogen-bond acceptors (Lipinski definition) is 23. The van der Waals surface area contributed by atoms with Crippen LogP contribution in [0.25, 0.3) is 0 Å². The lowest BCUT2D eigenvalue weighted by atomic mass is 9.99. The highest BCUT2D eigenvalue weighted by Crippen LogP contribution is 2.20. The number of aliphatic hydroxyl groups is 1. The van der Waals surface area contributed by atoms with Crippen molar-refractivity contribution in [2.75, 3.05) is 45.9 Å². The van der Waals surface area contributed by atoms with Crippen LogP contribution in [0.3, 0.4) is 0 Å². The first-order chi connectivity index (χ1) is 52.1. The molecule has 0 aromatic heterocycles. The highest BCUT2D eigenvalue weighted by Gasteiger charge is 2.41. The fourth-order valence-electron chi connectivity index (χ4n) is 11.4. The van der Waals surface area contributed by atoms with Crippen molar-refractivity contribution >= 4 is 101 Å². The summed E-state index contributed by atoms with van der Waals surface area (Å²) in [7, 11) is 0. The average molecular weight is 1550 g/mol. The van der Waals surface area contributed by atoms with Crippen LogP contribution in [0.4, 0.5) is 0 Å². The fourth-order valence-corrected chi connectivity index (χ4v) is 11.4. The monoisotopic (exact) mass is 1550 g/mol. The number of primary amides is 1. The van der Waals surface area contributed by atoms with E-state index in [1.54, 1.807) is 30.3 Å². The number of nitrogens with two attached hydrogens (primary N) is 5. The maximum atomic E-state index is 14.5. The van der Waals surface area contributed by atoms with Crippen molar-refractivity contribution in [1.29, 1.82) is 0 Å². The number of carboxylic acids is 3. The summed E-state index contributed by atoms with van der Waals surface area (Å²) in [6.07, 6.45) is -0.559. The number of phenolic OH excluding ortho intramolecular Hbond substituents is 1. The van der Waals surface area contributed by atoms with E-state index in [1.807, 2.05) is 0 Å². The first-order valence-electron chi connectivity index (χ1n) is 36.2. The Bertz CT molecular complexity index is 3460. The standard InChI is InChI=1S/C70H108N18O22/c1-38(2)58(69(109)85-50(34-53(75)91)66(106)78-39(3)59(99)80-47(25-27-56(95)96)65(105)83-48(61(101)77-36-57(97)98)32-40-14-5-4-6-15-40)87-67(107)49(33-41-20-22-42(90)23-21-41)84-64(104)46(24-26-55(93)94)79-54(92)35-76-68(108)52-19-13-31-88(52)70(110)51(37-89)86-63(103)45(18-9-12-30-73)82-62(102)44(17-8-11-29-72)81-60(100)43(74)16-7-10-28-71/h4-6,14-15,20-23,38-39,43-52,58,89-90H,7-13,16-19,24-37,71-74H2,1-3H3,(H2,75,91)(H,76,108)(H,77,101)(H,78,106)(H,79,92)(H,80,99)(H,81,100)(H,82,102)(H,83,105)(H,84,104)(H,85,109)(H,86,103)(H,87,107)(H,93,94)(H,95,96)(H,97,98)/t39-,43-,44-,45-,46-,47-,48-,49-,50-,51-,52-,58-/m0/s1. The van der Waals surface area contributed by atoms with Crippen molar-refractivity contribution < 1.29 is 107 Å². The molecule has 1 saturated heterocycles. The summed E-state index contributed by atoms with van der Waals surface area (Å²) in [5.74, 6) is -19.4. The van der Waals surface area contributed by atoms with Gasteiger partial charge in [0.15, 0.2) is 0 Å². The van der Waals surface area contributed by atoms with Crippen molar-refractivity contribution in [2.24, 2.45) is 34.6 Å². The summed E-state index contributed by atoms with van der Waals surface area (Å²) >= 11 is 0. The molecule has 2 aromatic rings. The van der Waals surface area contributed by atoms with E-state index in [4.69, 9.17) is 33.8 Å². The highest BCUT2D eigenvalue weighted by molar-refractivity contribution is 6.01. The van der Waals surface area contributed by atoms with E-state index in [0.717, 1.165) is 11.8 Å². The first kappa shape index (κ1) is 93.2. The lowest BCUT2D eigenvalue weighted by Crippen LogP contribution is -2.61. The van der Waals surface area contributed by atoms with E-state index in [2.05, 4.69) is 63.8 Å². The quantitative estimate of drug-likeness (QED) is 0.0274. The third-order valence-electron chi connectivity index (χ3n) is 17.5. The molecule has 1 aliphatic rings. The van der Waals surface area contributed by atoms with E-state index in [9.17, 15) is 102 Å². The number of aliphatic carboxylic acids is 3. The number of nitrogens with zero attached hydrogens (tertiary/aromatic N) is 1. The molecule has 110 heavy (non-hydrogen) atoms. The Morgan fingerprint density at radius 2 is 0.909 bits per heavy atom. The van der Waals surface area contributed by atoms with Gasteiger partial charge in [-0.25, -0.2) is 0 Å². The van der Waals surface area contributed by atoms with Crippen molar-refractivity contribution in [2.45, 2.75) is 209 Å². The van der Waals surface area contributed by atoms with E-state index >= 15 is 0 Å². The topological polar surface area (TPSA) is 669 Å². The van der Waals surface area contributed by atoms with Gasteiger partial charge in [0.25, 0.3) is 0 Å². The van der Waals surface area contributed by atoms with E-state index in [-0.39, 0.29) is 56.5 Å². The van der Waals surface area contributed by atoms with Crippen molar-refractivity contribution in [3.05, 3.63) is 65.7 Å². The Kier molecular flexibility index (Phi) is 41.7.